The van der Waals surface area contributed by atoms with E-state index < -0.39 is 0 Å². The van der Waals surface area contributed by atoms with Gasteiger partial charge in [0.15, 0.2) is 0 Å². The number of thioether (sulfide) groups is 1. The zero-order chi connectivity index (χ0) is 11.8. The number of methoxy groups -OCH3 is 1. The summed E-state index contributed by atoms with van der Waals surface area (Å²) in [6.45, 7) is 0. The van der Waals surface area contributed by atoms with Crippen LogP contribution >= 0.6 is 27.7 Å². The number of benzene rings is 1. The van der Waals surface area contributed by atoms with E-state index in [1.165, 1.54) is 17.7 Å². The summed E-state index contributed by atoms with van der Waals surface area (Å²) in [6, 6.07) is 8.30. The Kier molecular flexibility index (Phi) is 6.97. The van der Waals surface area contributed by atoms with Gasteiger partial charge in [0.05, 0.1) is 7.11 Å². The van der Waals surface area contributed by atoms with E-state index in [9.17, 15) is 0 Å². The van der Waals surface area contributed by atoms with Crippen LogP contribution in [0, 0.1) is 5.92 Å². The topological polar surface area (TPSA) is 9.23 Å². The van der Waals surface area contributed by atoms with Gasteiger partial charge in [0.2, 0.25) is 0 Å². The first-order valence-corrected chi connectivity index (χ1v) is 8.00. The Balaban J connectivity index is 2.62. The monoisotopic (exact) mass is 302 g/mol. The maximum Gasteiger partial charge on any atom is 0.122 e. The summed E-state index contributed by atoms with van der Waals surface area (Å²) in [5, 5.41) is 1.06. The third-order valence-corrected chi connectivity index (χ3v) is 4.21. The zero-order valence-corrected chi connectivity index (χ0v) is 12.3. The Hall–Kier alpha value is -0.150. The van der Waals surface area contributed by atoms with Crippen LogP contribution in [0.4, 0.5) is 0 Å². The second-order valence-electron chi connectivity index (χ2n) is 3.82. The number of ether oxygens (including phenoxy) is 1. The molecule has 1 rings (SSSR count). The molecule has 3 heteroatoms. The molecular formula is C13H19BrOS. The van der Waals surface area contributed by atoms with Crippen LogP contribution in [0.25, 0.3) is 0 Å². The molecule has 1 atom stereocenters. The Morgan fingerprint density at radius 1 is 1.38 bits per heavy atom. The highest BCUT2D eigenvalue weighted by Gasteiger charge is 2.10. The quantitative estimate of drug-likeness (QED) is 0.704. The highest BCUT2D eigenvalue weighted by Crippen LogP contribution is 2.23. The summed E-state index contributed by atoms with van der Waals surface area (Å²) in [6.07, 6.45) is 4.51. The molecule has 0 aliphatic carbocycles. The lowest BCUT2D eigenvalue weighted by molar-refractivity contribution is 0.405. The molecule has 1 aromatic carbocycles. The van der Waals surface area contributed by atoms with Crippen molar-refractivity contribution in [2.24, 2.45) is 5.92 Å². The highest BCUT2D eigenvalue weighted by atomic mass is 79.9. The molecule has 0 bridgehead atoms. The molecule has 0 aromatic heterocycles. The van der Waals surface area contributed by atoms with Crippen molar-refractivity contribution in [3.8, 4) is 5.75 Å². The second-order valence-corrected chi connectivity index (χ2v) is 5.45. The number of para-hydroxylation sites is 1. The number of hydrogen-bond acceptors (Lipinski definition) is 2. The Bertz CT molecular complexity index is 304. The largest absolute Gasteiger partial charge is 0.496 e. The fraction of sp³-hybridized carbons (Fsp3) is 0.538. The average Bonchev–Trinajstić information content (AvgIpc) is 2.34. The molecule has 0 saturated carbocycles. The predicted molar refractivity (Wildman–Crippen MR) is 77.0 cm³/mol. The lowest BCUT2D eigenvalue weighted by atomic mass is 9.98. The number of hydrogen-bond donors (Lipinski definition) is 0. The van der Waals surface area contributed by atoms with Crippen LogP contribution in [-0.4, -0.2) is 24.4 Å². The Morgan fingerprint density at radius 2 is 2.12 bits per heavy atom. The number of alkyl halides is 1. The maximum atomic E-state index is 5.37. The number of halogens is 1. The normalized spacial score (nSPS) is 12.4. The first-order chi connectivity index (χ1) is 7.81. The van der Waals surface area contributed by atoms with Crippen molar-refractivity contribution in [2.45, 2.75) is 12.8 Å². The van der Waals surface area contributed by atoms with Gasteiger partial charge in [-0.2, -0.15) is 11.8 Å². The molecular weight excluding hydrogens is 284 g/mol. The van der Waals surface area contributed by atoms with Crippen molar-refractivity contribution in [3.05, 3.63) is 29.8 Å². The molecule has 0 aliphatic rings. The summed E-state index contributed by atoms with van der Waals surface area (Å²) >= 11 is 5.51. The van der Waals surface area contributed by atoms with Gasteiger partial charge in [-0.3, -0.25) is 0 Å². The van der Waals surface area contributed by atoms with Crippen LogP contribution in [-0.2, 0) is 6.42 Å². The van der Waals surface area contributed by atoms with Gasteiger partial charge < -0.3 is 4.74 Å². The number of rotatable bonds is 7. The molecule has 1 aromatic rings. The minimum atomic E-state index is 0.698. The smallest absolute Gasteiger partial charge is 0.122 e. The van der Waals surface area contributed by atoms with E-state index >= 15 is 0 Å². The lowest BCUT2D eigenvalue weighted by Gasteiger charge is -2.15. The van der Waals surface area contributed by atoms with Crippen LogP contribution in [0.5, 0.6) is 5.75 Å². The van der Waals surface area contributed by atoms with Gasteiger partial charge in [0.1, 0.15) is 5.75 Å². The van der Waals surface area contributed by atoms with E-state index in [-0.39, 0.29) is 0 Å². The minimum Gasteiger partial charge on any atom is -0.496 e. The molecule has 0 saturated heterocycles. The Labute approximate surface area is 111 Å². The van der Waals surface area contributed by atoms with E-state index in [1.807, 2.05) is 23.9 Å². The summed E-state index contributed by atoms with van der Waals surface area (Å²) < 4.78 is 5.37. The van der Waals surface area contributed by atoms with Gasteiger partial charge in [-0.05, 0) is 42.4 Å². The van der Waals surface area contributed by atoms with Crippen molar-refractivity contribution in [2.75, 3.05) is 24.4 Å². The van der Waals surface area contributed by atoms with Gasteiger partial charge in [0.25, 0.3) is 0 Å². The highest BCUT2D eigenvalue weighted by molar-refractivity contribution is 9.09. The summed E-state index contributed by atoms with van der Waals surface area (Å²) in [4.78, 5) is 0. The van der Waals surface area contributed by atoms with Gasteiger partial charge in [0, 0.05) is 5.33 Å². The van der Waals surface area contributed by atoms with Crippen LogP contribution < -0.4 is 4.74 Å². The molecule has 0 aliphatic heterocycles. The van der Waals surface area contributed by atoms with Crippen molar-refractivity contribution in [1.82, 2.24) is 0 Å². The maximum absolute atomic E-state index is 5.37. The van der Waals surface area contributed by atoms with E-state index in [2.05, 4.69) is 34.3 Å². The molecule has 1 nitrogen and oxygen atoms in total. The van der Waals surface area contributed by atoms with E-state index in [0.29, 0.717) is 5.92 Å². The fourth-order valence-corrected chi connectivity index (χ4v) is 2.82. The fourth-order valence-electron chi connectivity index (χ4n) is 1.70. The van der Waals surface area contributed by atoms with Crippen molar-refractivity contribution in [3.63, 3.8) is 0 Å². The first-order valence-electron chi connectivity index (χ1n) is 5.48. The van der Waals surface area contributed by atoms with E-state index in [0.717, 1.165) is 17.5 Å². The van der Waals surface area contributed by atoms with Gasteiger partial charge in [-0.25, -0.2) is 0 Å². The van der Waals surface area contributed by atoms with E-state index in [1.54, 1.807) is 7.11 Å². The van der Waals surface area contributed by atoms with Gasteiger partial charge in [-0.15, -0.1) is 0 Å². The SMILES string of the molecule is COc1ccccc1CC(CBr)CCSC. The van der Waals surface area contributed by atoms with Crippen molar-refractivity contribution >= 4 is 27.7 Å². The predicted octanol–water partition coefficient (Wildman–Crippen LogP) is 4.00. The molecule has 90 valence electrons. The molecule has 1 unspecified atom stereocenters. The van der Waals surface area contributed by atoms with Gasteiger partial charge in [-0.1, -0.05) is 34.1 Å². The van der Waals surface area contributed by atoms with E-state index in [4.69, 9.17) is 4.74 Å². The third kappa shape index (κ3) is 4.38. The van der Waals surface area contributed by atoms with Gasteiger partial charge >= 0.3 is 0 Å². The van der Waals surface area contributed by atoms with Crippen LogP contribution in [0.3, 0.4) is 0 Å². The molecule has 0 spiro atoms. The Morgan fingerprint density at radius 3 is 2.75 bits per heavy atom. The zero-order valence-electron chi connectivity index (χ0n) is 9.91. The van der Waals surface area contributed by atoms with Crippen molar-refractivity contribution < 1.29 is 4.74 Å². The molecule has 16 heavy (non-hydrogen) atoms. The lowest BCUT2D eigenvalue weighted by Crippen LogP contribution is -2.08. The van der Waals surface area contributed by atoms with Crippen molar-refractivity contribution in [1.29, 1.82) is 0 Å². The average molecular weight is 303 g/mol. The molecule has 0 amide bonds. The summed E-state index contributed by atoms with van der Waals surface area (Å²) in [5.41, 5.74) is 1.32. The summed E-state index contributed by atoms with van der Waals surface area (Å²) in [7, 11) is 1.74. The minimum absolute atomic E-state index is 0.698. The summed E-state index contributed by atoms with van der Waals surface area (Å²) in [5.74, 6) is 2.94. The first kappa shape index (κ1) is 13.9. The van der Waals surface area contributed by atoms with Crippen LogP contribution in [0.2, 0.25) is 0 Å². The standard InChI is InChI=1S/C13H19BrOS/c1-15-13-6-4-3-5-12(13)9-11(10-14)7-8-16-2/h3-6,11H,7-10H2,1-2H3. The molecule has 0 heterocycles. The molecule has 0 radical (unpaired) electrons. The van der Waals surface area contributed by atoms with Crippen LogP contribution in [0.1, 0.15) is 12.0 Å². The third-order valence-electron chi connectivity index (χ3n) is 2.65. The van der Waals surface area contributed by atoms with Crippen LogP contribution in [0.15, 0.2) is 24.3 Å². The second kappa shape index (κ2) is 8.02. The molecule has 0 N–H and O–H groups in total. The molecule has 0 fully saturated rings.